The Bertz CT molecular complexity index is 716. The highest BCUT2D eigenvalue weighted by Gasteiger charge is 2.21. The average Bonchev–Trinajstić information content (AvgIpc) is 2.53. The summed E-state index contributed by atoms with van der Waals surface area (Å²) < 4.78 is 19.5. The van der Waals surface area contributed by atoms with E-state index in [4.69, 9.17) is 16.3 Å². The van der Waals surface area contributed by atoms with Gasteiger partial charge < -0.3 is 4.74 Å². The quantitative estimate of drug-likeness (QED) is 0.728. The predicted molar refractivity (Wildman–Crippen MR) is 90.6 cm³/mol. The Morgan fingerprint density at radius 2 is 2.00 bits per heavy atom. The van der Waals surface area contributed by atoms with E-state index in [9.17, 15) is 9.65 Å². The maximum Gasteiger partial charge on any atom is 0.129 e. The number of methoxy groups -OCH3 is 1. The van der Waals surface area contributed by atoms with Crippen LogP contribution < -0.4 is 4.74 Å². The van der Waals surface area contributed by atoms with E-state index in [0.717, 1.165) is 11.1 Å². The molecule has 0 saturated carbocycles. The number of halogens is 2. The molecule has 0 amide bonds. The van der Waals surface area contributed by atoms with Crippen LogP contribution in [-0.2, 0) is 6.42 Å². The molecular formula is C19H19ClFNO. The van der Waals surface area contributed by atoms with E-state index in [1.165, 1.54) is 12.1 Å². The summed E-state index contributed by atoms with van der Waals surface area (Å²) in [6, 6.07) is 12.5. The first-order valence-electron chi connectivity index (χ1n) is 7.48. The monoisotopic (exact) mass is 331 g/mol. The molecule has 0 heterocycles. The first-order chi connectivity index (χ1) is 11.0. The zero-order valence-corrected chi connectivity index (χ0v) is 14.2. The van der Waals surface area contributed by atoms with Crippen LogP contribution >= 0.6 is 11.6 Å². The first-order valence-corrected chi connectivity index (χ1v) is 7.86. The maximum atomic E-state index is 14.1. The zero-order valence-electron chi connectivity index (χ0n) is 13.4. The van der Waals surface area contributed by atoms with Gasteiger partial charge in [0, 0.05) is 10.6 Å². The molecule has 23 heavy (non-hydrogen) atoms. The summed E-state index contributed by atoms with van der Waals surface area (Å²) in [5, 5.41) is 9.79. The Labute approximate surface area is 141 Å². The van der Waals surface area contributed by atoms with E-state index in [0.29, 0.717) is 18.1 Å². The lowest BCUT2D eigenvalue weighted by Gasteiger charge is -2.16. The van der Waals surface area contributed by atoms with Crippen LogP contribution in [-0.4, -0.2) is 7.11 Å². The Hall–Kier alpha value is -2.05. The van der Waals surface area contributed by atoms with Crippen molar-refractivity contribution in [1.82, 2.24) is 0 Å². The summed E-state index contributed by atoms with van der Waals surface area (Å²) in [5.41, 5.74) is 2.27. The van der Waals surface area contributed by atoms with Crippen LogP contribution in [0.3, 0.4) is 0 Å². The fourth-order valence-corrected chi connectivity index (χ4v) is 2.89. The topological polar surface area (TPSA) is 33.0 Å². The number of nitriles is 1. The smallest absolute Gasteiger partial charge is 0.129 e. The van der Waals surface area contributed by atoms with Gasteiger partial charge in [0.2, 0.25) is 0 Å². The molecule has 120 valence electrons. The van der Waals surface area contributed by atoms with E-state index in [-0.39, 0.29) is 10.6 Å². The predicted octanol–water partition coefficient (Wildman–Crippen LogP) is 5.46. The maximum absolute atomic E-state index is 14.1. The zero-order chi connectivity index (χ0) is 17.0. The van der Waals surface area contributed by atoms with Crippen LogP contribution in [0, 0.1) is 17.1 Å². The molecule has 2 aromatic rings. The van der Waals surface area contributed by atoms with Crippen LogP contribution in [0.1, 0.15) is 42.4 Å². The van der Waals surface area contributed by atoms with Crippen molar-refractivity contribution in [3.63, 3.8) is 0 Å². The van der Waals surface area contributed by atoms with Crippen LogP contribution in [0.15, 0.2) is 36.4 Å². The Morgan fingerprint density at radius 1 is 1.26 bits per heavy atom. The van der Waals surface area contributed by atoms with Crippen molar-refractivity contribution >= 4 is 11.6 Å². The molecule has 4 heteroatoms. The minimum atomic E-state index is -0.667. The second-order valence-electron chi connectivity index (χ2n) is 5.75. The van der Waals surface area contributed by atoms with Crippen molar-refractivity contribution in [2.45, 2.75) is 32.1 Å². The van der Waals surface area contributed by atoms with Gasteiger partial charge in [-0.15, -0.1) is 0 Å². The van der Waals surface area contributed by atoms with Crippen molar-refractivity contribution < 1.29 is 9.13 Å². The number of hydrogen-bond donors (Lipinski definition) is 0. The highest BCUT2D eigenvalue weighted by Crippen LogP contribution is 2.33. The molecule has 2 rings (SSSR count). The Kier molecular flexibility index (Phi) is 5.63. The average molecular weight is 332 g/mol. The van der Waals surface area contributed by atoms with E-state index in [2.05, 4.69) is 19.9 Å². The second kappa shape index (κ2) is 7.48. The first kappa shape index (κ1) is 17.3. The van der Waals surface area contributed by atoms with Crippen molar-refractivity contribution in [3.05, 3.63) is 63.9 Å². The van der Waals surface area contributed by atoms with Crippen LogP contribution in [0.4, 0.5) is 4.39 Å². The lowest BCUT2D eigenvalue weighted by molar-refractivity contribution is 0.408. The second-order valence-corrected chi connectivity index (χ2v) is 6.15. The molecule has 1 atom stereocenters. The molecular weight excluding hydrogens is 313 g/mol. The summed E-state index contributed by atoms with van der Waals surface area (Å²) in [6.07, 6.45) is 0.348. The molecule has 0 aromatic heterocycles. The highest BCUT2D eigenvalue weighted by atomic mass is 35.5. The van der Waals surface area contributed by atoms with Crippen molar-refractivity contribution in [2.24, 2.45) is 0 Å². The van der Waals surface area contributed by atoms with E-state index >= 15 is 0 Å². The fraction of sp³-hybridized carbons (Fsp3) is 0.316. The standard InChI is InChI=1S/C19H19ClFNO/c1-12(2)13-7-8-18(23-3)14(9-13)10-15(11-22)19-16(20)5-4-6-17(19)21/h4-9,12,15H,10H2,1-3H3. The summed E-state index contributed by atoms with van der Waals surface area (Å²) in [4.78, 5) is 0. The molecule has 2 nitrogen and oxygen atoms in total. The van der Waals surface area contributed by atoms with Crippen LogP contribution in [0.2, 0.25) is 5.02 Å². The lowest BCUT2D eigenvalue weighted by Crippen LogP contribution is -2.06. The van der Waals surface area contributed by atoms with Crippen molar-refractivity contribution in [1.29, 1.82) is 5.26 Å². The summed E-state index contributed by atoms with van der Waals surface area (Å²) >= 11 is 6.10. The van der Waals surface area contributed by atoms with Gasteiger partial charge in [-0.2, -0.15) is 5.26 Å². The third-order valence-electron chi connectivity index (χ3n) is 3.90. The van der Waals surface area contributed by atoms with Crippen molar-refractivity contribution in [3.8, 4) is 11.8 Å². The van der Waals surface area contributed by atoms with Crippen LogP contribution in [0.5, 0.6) is 5.75 Å². The van der Waals surface area contributed by atoms with E-state index in [1.54, 1.807) is 13.2 Å². The molecule has 1 unspecified atom stereocenters. The van der Waals surface area contributed by atoms with Gasteiger partial charge in [0.25, 0.3) is 0 Å². The molecule has 0 aliphatic heterocycles. The van der Waals surface area contributed by atoms with Gasteiger partial charge >= 0.3 is 0 Å². The number of nitrogens with zero attached hydrogens (tertiary/aromatic N) is 1. The van der Waals surface area contributed by atoms with E-state index < -0.39 is 11.7 Å². The minimum Gasteiger partial charge on any atom is -0.496 e. The minimum absolute atomic E-state index is 0.244. The summed E-state index contributed by atoms with van der Waals surface area (Å²) in [7, 11) is 1.59. The van der Waals surface area contributed by atoms with Gasteiger partial charge in [-0.3, -0.25) is 0 Å². The lowest BCUT2D eigenvalue weighted by atomic mass is 9.90. The fourth-order valence-electron chi connectivity index (χ4n) is 2.59. The Balaban J connectivity index is 2.43. The molecule has 2 aromatic carbocycles. The third-order valence-corrected chi connectivity index (χ3v) is 4.23. The normalized spacial score (nSPS) is 12.0. The number of benzene rings is 2. The molecule has 0 fully saturated rings. The molecule has 0 aliphatic rings. The van der Waals surface area contributed by atoms with E-state index in [1.807, 2.05) is 18.2 Å². The SMILES string of the molecule is COc1ccc(C(C)C)cc1CC(C#N)c1c(F)cccc1Cl. The van der Waals surface area contributed by atoms with Gasteiger partial charge in [-0.05, 0) is 41.7 Å². The molecule has 0 aliphatic carbocycles. The summed E-state index contributed by atoms with van der Waals surface area (Å²) in [6.45, 7) is 4.20. The van der Waals surface area contributed by atoms with Gasteiger partial charge in [0.05, 0.1) is 19.1 Å². The highest BCUT2D eigenvalue weighted by molar-refractivity contribution is 6.31. The van der Waals surface area contributed by atoms with Gasteiger partial charge in [0.15, 0.2) is 0 Å². The number of hydrogen-bond acceptors (Lipinski definition) is 2. The molecule has 0 spiro atoms. The molecule has 0 bridgehead atoms. The Morgan fingerprint density at radius 3 is 2.57 bits per heavy atom. The third kappa shape index (κ3) is 3.83. The van der Waals surface area contributed by atoms with Crippen molar-refractivity contribution in [2.75, 3.05) is 7.11 Å². The van der Waals surface area contributed by atoms with Gasteiger partial charge in [0.1, 0.15) is 11.6 Å². The molecule has 0 radical (unpaired) electrons. The summed E-state index contributed by atoms with van der Waals surface area (Å²) in [5.74, 6) is -0.0672. The number of rotatable bonds is 5. The number of ether oxygens (including phenoxy) is 1. The largest absolute Gasteiger partial charge is 0.496 e. The van der Waals surface area contributed by atoms with Gasteiger partial charge in [-0.1, -0.05) is 43.6 Å². The molecule has 0 saturated heterocycles. The van der Waals surface area contributed by atoms with Gasteiger partial charge in [-0.25, -0.2) is 4.39 Å². The molecule has 0 N–H and O–H groups in total. The van der Waals surface area contributed by atoms with Crippen LogP contribution in [0.25, 0.3) is 0 Å².